The average Bonchev–Trinajstić information content (AvgIpc) is 3.25. The Morgan fingerprint density at radius 2 is 0.962 bits per heavy atom. The summed E-state index contributed by atoms with van der Waals surface area (Å²) in [6.45, 7) is 6.64. The van der Waals surface area contributed by atoms with Crippen molar-refractivity contribution in [3.05, 3.63) is 0 Å². The van der Waals surface area contributed by atoms with E-state index in [2.05, 4.69) is 20.8 Å². The Labute approximate surface area is 165 Å². The zero-order chi connectivity index (χ0) is 19.1. The van der Waals surface area contributed by atoms with Crippen molar-refractivity contribution in [1.82, 2.24) is 0 Å². The zero-order valence-corrected chi connectivity index (χ0v) is 18.4. The topological polar surface area (TPSA) is 38.5 Å². The minimum absolute atomic E-state index is 0.328. The Bertz CT molecular complexity index is 295. The first-order chi connectivity index (χ1) is 12.6. The molecule has 26 heavy (non-hydrogen) atoms. The summed E-state index contributed by atoms with van der Waals surface area (Å²) in [4.78, 5) is 0. The van der Waals surface area contributed by atoms with E-state index >= 15 is 0 Å². The van der Waals surface area contributed by atoms with Crippen LogP contribution < -0.4 is 5.73 Å². The SMILES string of the molecule is CCCCCCCCCCC(CCCCCCCCCC)C1OC1(C)N. The predicted molar refractivity (Wildman–Crippen MR) is 115 cm³/mol. The number of rotatable bonds is 19. The summed E-state index contributed by atoms with van der Waals surface area (Å²) in [5, 5.41) is 0. The molecule has 1 saturated heterocycles. The summed E-state index contributed by atoms with van der Waals surface area (Å²) < 4.78 is 5.79. The van der Waals surface area contributed by atoms with Crippen molar-refractivity contribution < 1.29 is 4.74 Å². The van der Waals surface area contributed by atoms with Crippen LogP contribution in [0.4, 0.5) is 0 Å². The fraction of sp³-hybridized carbons (Fsp3) is 1.00. The van der Waals surface area contributed by atoms with E-state index in [1.165, 1.54) is 116 Å². The van der Waals surface area contributed by atoms with E-state index in [4.69, 9.17) is 10.5 Å². The highest BCUT2D eigenvalue weighted by atomic mass is 16.6. The molecule has 2 nitrogen and oxygen atoms in total. The van der Waals surface area contributed by atoms with Gasteiger partial charge in [-0.25, -0.2) is 0 Å². The van der Waals surface area contributed by atoms with Gasteiger partial charge in [-0.05, 0) is 25.7 Å². The summed E-state index contributed by atoms with van der Waals surface area (Å²) in [5.41, 5.74) is 5.86. The van der Waals surface area contributed by atoms with Crippen molar-refractivity contribution >= 4 is 0 Å². The minimum Gasteiger partial charge on any atom is -0.350 e. The van der Waals surface area contributed by atoms with Gasteiger partial charge in [0, 0.05) is 0 Å². The van der Waals surface area contributed by atoms with Crippen LogP contribution >= 0.6 is 0 Å². The fourth-order valence-corrected chi connectivity index (χ4v) is 4.33. The molecule has 156 valence electrons. The Hall–Kier alpha value is -0.0800. The Morgan fingerprint density at radius 1 is 0.654 bits per heavy atom. The van der Waals surface area contributed by atoms with Crippen molar-refractivity contribution in [3.63, 3.8) is 0 Å². The van der Waals surface area contributed by atoms with Gasteiger partial charge in [0.2, 0.25) is 0 Å². The Balaban J connectivity index is 2.05. The molecule has 1 aliphatic heterocycles. The number of hydrogen-bond donors (Lipinski definition) is 1. The van der Waals surface area contributed by atoms with Crippen LogP contribution in [0.2, 0.25) is 0 Å². The maximum absolute atomic E-state index is 6.19. The van der Waals surface area contributed by atoms with Crippen LogP contribution in [0, 0.1) is 5.92 Å². The van der Waals surface area contributed by atoms with Crippen LogP contribution in [0.1, 0.15) is 136 Å². The molecule has 0 aromatic heterocycles. The summed E-state index contributed by atoms with van der Waals surface area (Å²) in [5.74, 6) is 0.699. The first-order valence-corrected chi connectivity index (χ1v) is 12.1. The number of hydrogen-bond acceptors (Lipinski definition) is 2. The standard InChI is InChI=1S/C24H49NO/c1-4-6-8-10-12-14-16-18-20-22(23-24(3,25)26-23)21-19-17-15-13-11-9-7-5-2/h22-23H,4-21,25H2,1-3H3. The van der Waals surface area contributed by atoms with E-state index in [9.17, 15) is 0 Å². The molecule has 2 N–H and O–H groups in total. The smallest absolute Gasteiger partial charge is 0.141 e. The zero-order valence-electron chi connectivity index (χ0n) is 18.4. The van der Waals surface area contributed by atoms with Crippen molar-refractivity contribution in [2.45, 2.75) is 148 Å². The van der Waals surface area contributed by atoms with Gasteiger partial charge in [-0.15, -0.1) is 0 Å². The van der Waals surface area contributed by atoms with Crippen LogP contribution in [-0.2, 0) is 4.74 Å². The highest BCUT2D eigenvalue weighted by Gasteiger charge is 2.52. The average molecular weight is 368 g/mol. The predicted octanol–water partition coefficient (Wildman–Crippen LogP) is 7.74. The van der Waals surface area contributed by atoms with Gasteiger partial charge in [-0.2, -0.15) is 0 Å². The number of nitrogens with two attached hydrogens (primary N) is 1. The number of ether oxygens (including phenoxy) is 1. The molecule has 1 heterocycles. The summed E-state index contributed by atoms with van der Waals surface area (Å²) in [7, 11) is 0. The molecule has 0 aromatic carbocycles. The van der Waals surface area contributed by atoms with Crippen LogP contribution in [0.3, 0.4) is 0 Å². The van der Waals surface area contributed by atoms with E-state index in [0.29, 0.717) is 12.0 Å². The number of epoxide rings is 1. The second-order valence-corrected chi connectivity index (χ2v) is 9.01. The lowest BCUT2D eigenvalue weighted by Crippen LogP contribution is -2.26. The van der Waals surface area contributed by atoms with Crippen LogP contribution in [0.5, 0.6) is 0 Å². The molecule has 2 heteroatoms. The van der Waals surface area contributed by atoms with Crippen molar-refractivity contribution in [3.8, 4) is 0 Å². The maximum atomic E-state index is 6.19. The first-order valence-electron chi connectivity index (χ1n) is 12.1. The van der Waals surface area contributed by atoms with E-state index < -0.39 is 0 Å². The fourth-order valence-electron chi connectivity index (χ4n) is 4.33. The lowest BCUT2D eigenvalue weighted by molar-refractivity contribution is 0.267. The van der Waals surface area contributed by atoms with Gasteiger partial charge >= 0.3 is 0 Å². The molecular weight excluding hydrogens is 318 g/mol. The minimum atomic E-state index is -0.328. The van der Waals surface area contributed by atoms with Gasteiger partial charge in [-0.1, -0.05) is 117 Å². The van der Waals surface area contributed by atoms with Gasteiger partial charge in [-0.3, -0.25) is 0 Å². The third-order valence-corrected chi connectivity index (χ3v) is 6.17. The molecule has 0 aliphatic carbocycles. The molecule has 0 amide bonds. The van der Waals surface area contributed by atoms with Gasteiger partial charge in [0.15, 0.2) is 0 Å². The third kappa shape index (κ3) is 11.6. The lowest BCUT2D eigenvalue weighted by Gasteiger charge is -2.15. The van der Waals surface area contributed by atoms with Crippen molar-refractivity contribution in [2.24, 2.45) is 11.7 Å². The molecule has 1 fully saturated rings. The van der Waals surface area contributed by atoms with Crippen LogP contribution in [0.25, 0.3) is 0 Å². The molecule has 0 aromatic rings. The van der Waals surface area contributed by atoms with Gasteiger partial charge in [0.25, 0.3) is 0 Å². The highest BCUT2D eigenvalue weighted by Crippen LogP contribution is 2.41. The second-order valence-electron chi connectivity index (χ2n) is 9.01. The van der Waals surface area contributed by atoms with E-state index in [-0.39, 0.29) is 5.72 Å². The molecule has 1 rings (SSSR count). The van der Waals surface area contributed by atoms with Gasteiger partial charge in [0.1, 0.15) is 11.8 Å². The summed E-state index contributed by atoms with van der Waals surface area (Å²) in [6.07, 6.45) is 25.4. The molecule has 0 saturated carbocycles. The molecular formula is C24H49NO. The first kappa shape index (κ1) is 24.0. The molecule has 0 bridgehead atoms. The molecule has 2 unspecified atom stereocenters. The second kappa shape index (κ2) is 14.9. The van der Waals surface area contributed by atoms with Crippen LogP contribution in [-0.4, -0.2) is 11.8 Å². The lowest BCUT2D eigenvalue weighted by atomic mass is 9.89. The molecule has 0 spiro atoms. The van der Waals surface area contributed by atoms with Crippen LogP contribution in [0.15, 0.2) is 0 Å². The molecule has 1 aliphatic rings. The quantitative estimate of drug-likeness (QED) is 0.187. The monoisotopic (exact) mass is 367 g/mol. The van der Waals surface area contributed by atoms with E-state index in [0.717, 1.165) is 0 Å². The number of unbranched alkanes of at least 4 members (excludes halogenated alkanes) is 14. The third-order valence-electron chi connectivity index (χ3n) is 6.17. The maximum Gasteiger partial charge on any atom is 0.141 e. The molecule has 2 atom stereocenters. The van der Waals surface area contributed by atoms with Gasteiger partial charge < -0.3 is 10.5 Å². The summed E-state index contributed by atoms with van der Waals surface area (Å²) >= 11 is 0. The largest absolute Gasteiger partial charge is 0.350 e. The van der Waals surface area contributed by atoms with Crippen molar-refractivity contribution in [1.29, 1.82) is 0 Å². The summed E-state index contributed by atoms with van der Waals surface area (Å²) in [6, 6.07) is 0. The Morgan fingerprint density at radius 3 is 1.27 bits per heavy atom. The van der Waals surface area contributed by atoms with Gasteiger partial charge in [0.05, 0.1) is 0 Å². The normalized spacial score (nSPS) is 22.3. The molecule has 0 radical (unpaired) electrons. The Kier molecular flexibility index (Phi) is 13.7. The van der Waals surface area contributed by atoms with E-state index in [1.54, 1.807) is 0 Å². The van der Waals surface area contributed by atoms with E-state index in [1.807, 2.05) is 0 Å². The van der Waals surface area contributed by atoms with Crippen molar-refractivity contribution in [2.75, 3.05) is 0 Å². The highest BCUT2D eigenvalue weighted by molar-refractivity contribution is 4.97.